The second kappa shape index (κ2) is 7.11. The van der Waals surface area contributed by atoms with Crippen molar-refractivity contribution < 1.29 is 4.79 Å². The van der Waals surface area contributed by atoms with Crippen molar-refractivity contribution in [2.24, 2.45) is 0 Å². The number of fused-ring (bicyclic) bond motifs is 1. The minimum absolute atomic E-state index is 0.125. The summed E-state index contributed by atoms with van der Waals surface area (Å²) in [6.07, 6.45) is 5.72. The number of aryl methyl sites for hydroxylation is 1. The summed E-state index contributed by atoms with van der Waals surface area (Å²) < 4.78 is 4.16. The quantitative estimate of drug-likeness (QED) is 0.573. The average molecular weight is 362 g/mol. The summed E-state index contributed by atoms with van der Waals surface area (Å²) in [5.41, 5.74) is 2.46. The summed E-state index contributed by atoms with van der Waals surface area (Å²) in [5.74, 6) is 0.739. The standard InChI is InChI=1S/C20H22N6O/c1-3-25-11-9-21-19(25)14-24(2)20(27)17-12-16(22-23-17)13-26-10-8-15-6-4-5-7-18(15)26/h4-12H,3,13-14H2,1-2H3,(H,22,23). The Morgan fingerprint density at radius 3 is 2.89 bits per heavy atom. The molecule has 0 bridgehead atoms. The number of aromatic nitrogens is 5. The number of hydrogen-bond donors (Lipinski definition) is 1. The Hall–Kier alpha value is -3.35. The molecule has 0 atom stereocenters. The molecule has 0 saturated carbocycles. The SMILES string of the molecule is CCn1ccnc1CN(C)C(=O)c1cc(Cn2ccc3ccccc32)[nH]n1. The summed E-state index contributed by atoms with van der Waals surface area (Å²) in [4.78, 5) is 18.7. The van der Waals surface area contributed by atoms with E-state index in [9.17, 15) is 4.79 Å². The van der Waals surface area contributed by atoms with Crippen molar-refractivity contribution >= 4 is 16.8 Å². The van der Waals surface area contributed by atoms with Crippen LogP contribution >= 0.6 is 0 Å². The Kier molecular flexibility index (Phi) is 4.50. The van der Waals surface area contributed by atoms with Crippen LogP contribution in [0.1, 0.15) is 28.9 Å². The fourth-order valence-electron chi connectivity index (χ4n) is 3.27. The van der Waals surface area contributed by atoms with E-state index in [0.717, 1.165) is 23.6 Å². The van der Waals surface area contributed by atoms with Gasteiger partial charge in [0.1, 0.15) is 11.5 Å². The number of amides is 1. The van der Waals surface area contributed by atoms with Crippen LogP contribution in [0.15, 0.2) is 55.0 Å². The Morgan fingerprint density at radius 1 is 1.19 bits per heavy atom. The maximum absolute atomic E-state index is 12.7. The molecule has 0 aliphatic rings. The van der Waals surface area contributed by atoms with Gasteiger partial charge in [0.2, 0.25) is 0 Å². The molecule has 7 heteroatoms. The molecule has 3 aromatic heterocycles. The Balaban J connectivity index is 1.47. The number of para-hydroxylation sites is 1. The first kappa shape index (κ1) is 17.1. The highest BCUT2D eigenvalue weighted by molar-refractivity contribution is 5.92. The van der Waals surface area contributed by atoms with Crippen molar-refractivity contribution in [1.82, 2.24) is 29.2 Å². The van der Waals surface area contributed by atoms with Gasteiger partial charge in [0.15, 0.2) is 0 Å². The van der Waals surface area contributed by atoms with Crippen molar-refractivity contribution in [2.45, 2.75) is 26.6 Å². The number of benzene rings is 1. The van der Waals surface area contributed by atoms with Crippen molar-refractivity contribution in [3.8, 4) is 0 Å². The van der Waals surface area contributed by atoms with E-state index in [4.69, 9.17) is 0 Å². The van der Waals surface area contributed by atoms with Crippen LogP contribution in [0.4, 0.5) is 0 Å². The minimum atomic E-state index is -0.125. The summed E-state index contributed by atoms with van der Waals surface area (Å²) in [5, 5.41) is 8.39. The monoisotopic (exact) mass is 362 g/mol. The second-order valence-corrected chi connectivity index (χ2v) is 6.57. The van der Waals surface area contributed by atoms with E-state index in [1.165, 1.54) is 5.39 Å². The highest BCUT2D eigenvalue weighted by Crippen LogP contribution is 2.17. The Bertz CT molecular complexity index is 1070. The van der Waals surface area contributed by atoms with Crippen molar-refractivity contribution in [2.75, 3.05) is 7.05 Å². The number of carbonyl (C=O) groups excluding carboxylic acids is 1. The van der Waals surface area contributed by atoms with Gasteiger partial charge < -0.3 is 14.0 Å². The van der Waals surface area contributed by atoms with Crippen molar-refractivity contribution in [3.63, 3.8) is 0 Å². The average Bonchev–Trinajstić information content (AvgIpc) is 3.42. The van der Waals surface area contributed by atoms with E-state index in [2.05, 4.69) is 44.9 Å². The van der Waals surface area contributed by atoms with Gasteiger partial charge in [-0.25, -0.2) is 4.98 Å². The van der Waals surface area contributed by atoms with E-state index >= 15 is 0 Å². The number of H-pyrrole nitrogens is 1. The van der Waals surface area contributed by atoms with E-state index in [-0.39, 0.29) is 5.91 Å². The van der Waals surface area contributed by atoms with Crippen LogP contribution in [0.5, 0.6) is 0 Å². The maximum Gasteiger partial charge on any atom is 0.274 e. The predicted molar refractivity (Wildman–Crippen MR) is 103 cm³/mol. The molecule has 27 heavy (non-hydrogen) atoms. The number of carbonyl (C=O) groups is 1. The number of nitrogens with one attached hydrogen (secondary N) is 1. The summed E-state index contributed by atoms with van der Waals surface area (Å²) in [6, 6.07) is 12.1. The molecular formula is C20H22N6O. The molecule has 0 spiro atoms. The highest BCUT2D eigenvalue weighted by atomic mass is 16.2. The molecule has 4 rings (SSSR count). The van der Waals surface area contributed by atoms with E-state index < -0.39 is 0 Å². The van der Waals surface area contributed by atoms with Gasteiger partial charge in [-0.05, 0) is 30.5 Å². The lowest BCUT2D eigenvalue weighted by molar-refractivity contribution is 0.0774. The summed E-state index contributed by atoms with van der Waals surface area (Å²) in [7, 11) is 1.77. The molecule has 138 valence electrons. The normalized spacial score (nSPS) is 11.2. The fraction of sp³-hybridized carbons (Fsp3) is 0.250. The van der Waals surface area contributed by atoms with Gasteiger partial charge in [-0.3, -0.25) is 9.89 Å². The van der Waals surface area contributed by atoms with Gasteiger partial charge in [-0.2, -0.15) is 5.10 Å². The van der Waals surface area contributed by atoms with Gasteiger partial charge in [-0.1, -0.05) is 18.2 Å². The molecule has 0 aliphatic heterocycles. The van der Waals surface area contributed by atoms with Gasteiger partial charge >= 0.3 is 0 Å². The molecule has 1 aromatic carbocycles. The molecule has 1 N–H and O–H groups in total. The molecule has 7 nitrogen and oxygen atoms in total. The molecule has 1 amide bonds. The largest absolute Gasteiger partial charge is 0.341 e. The zero-order valence-electron chi connectivity index (χ0n) is 15.5. The number of hydrogen-bond acceptors (Lipinski definition) is 3. The fourth-order valence-corrected chi connectivity index (χ4v) is 3.27. The topological polar surface area (TPSA) is 71.7 Å². The van der Waals surface area contributed by atoms with Gasteiger partial charge in [0, 0.05) is 37.7 Å². The molecule has 0 fully saturated rings. The van der Waals surface area contributed by atoms with Crippen LogP contribution in [-0.2, 0) is 19.6 Å². The van der Waals surface area contributed by atoms with Gasteiger partial charge in [-0.15, -0.1) is 0 Å². The van der Waals surface area contributed by atoms with Crippen molar-refractivity contribution in [3.05, 3.63) is 72.2 Å². The zero-order chi connectivity index (χ0) is 18.8. The molecule has 4 aromatic rings. The molecule has 0 saturated heterocycles. The minimum Gasteiger partial charge on any atom is -0.341 e. The van der Waals surface area contributed by atoms with Crippen LogP contribution in [0.2, 0.25) is 0 Å². The number of rotatable bonds is 6. The van der Waals surface area contributed by atoms with Gasteiger partial charge in [0.05, 0.1) is 18.8 Å². The smallest absolute Gasteiger partial charge is 0.274 e. The number of imidazole rings is 1. The highest BCUT2D eigenvalue weighted by Gasteiger charge is 2.17. The van der Waals surface area contributed by atoms with Crippen LogP contribution in [-0.4, -0.2) is 42.2 Å². The van der Waals surface area contributed by atoms with Crippen molar-refractivity contribution in [1.29, 1.82) is 0 Å². The maximum atomic E-state index is 12.7. The van der Waals surface area contributed by atoms with E-state index in [1.807, 2.05) is 35.2 Å². The second-order valence-electron chi connectivity index (χ2n) is 6.57. The Morgan fingerprint density at radius 2 is 2.04 bits per heavy atom. The summed E-state index contributed by atoms with van der Waals surface area (Å²) >= 11 is 0. The van der Waals surface area contributed by atoms with Gasteiger partial charge in [0.25, 0.3) is 5.91 Å². The zero-order valence-corrected chi connectivity index (χ0v) is 15.5. The van der Waals surface area contributed by atoms with E-state index in [0.29, 0.717) is 18.8 Å². The van der Waals surface area contributed by atoms with Crippen LogP contribution in [0, 0.1) is 0 Å². The predicted octanol–water partition coefficient (Wildman–Crippen LogP) is 2.90. The molecule has 0 unspecified atom stereocenters. The molecule has 3 heterocycles. The number of aromatic amines is 1. The third-order valence-corrected chi connectivity index (χ3v) is 4.74. The first-order chi connectivity index (χ1) is 13.2. The molecule has 0 radical (unpaired) electrons. The molecular weight excluding hydrogens is 340 g/mol. The van der Waals surface area contributed by atoms with Crippen LogP contribution in [0.3, 0.4) is 0 Å². The van der Waals surface area contributed by atoms with Crippen LogP contribution in [0.25, 0.3) is 10.9 Å². The third-order valence-electron chi connectivity index (χ3n) is 4.74. The summed E-state index contributed by atoms with van der Waals surface area (Å²) in [6.45, 7) is 3.97. The lowest BCUT2D eigenvalue weighted by Gasteiger charge is -2.16. The lowest BCUT2D eigenvalue weighted by Crippen LogP contribution is -2.28. The first-order valence-electron chi connectivity index (χ1n) is 8.99. The Labute approximate surface area is 157 Å². The third kappa shape index (κ3) is 3.36. The number of nitrogens with zero attached hydrogens (tertiary/aromatic N) is 5. The molecule has 0 aliphatic carbocycles. The van der Waals surface area contributed by atoms with E-state index in [1.54, 1.807) is 18.1 Å². The lowest BCUT2D eigenvalue weighted by atomic mass is 10.2. The van der Waals surface area contributed by atoms with Crippen LogP contribution < -0.4 is 0 Å². The first-order valence-corrected chi connectivity index (χ1v) is 8.99.